The van der Waals surface area contributed by atoms with E-state index < -0.39 is 6.04 Å². The number of hydrogen-bond acceptors (Lipinski definition) is 4. The minimum absolute atomic E-state index is 0.0420. The molecule has 2 amide bonds. The Morgan fingerprint density at radius 1 is 1.14 bits per heavy atom. The summed E-state index contributed by atoms with van der Waals surface area (Å²) in [6, 6.07) is 14.5. The van der Waals surface area contributed by atoms with Crippen LogP contribution in [0.5, 0.6) is 11.5 Å². The number of methoxy groups -OCH3 is 2. The topological polar surface area (TPSA) is 67.9 Å². The lowest BCUT2D eigenvalue weighted by Crippen LogP contribution is -2.71. The van der Waals surface area contributed by atoms with E-state index in [9.17, 15) is 9.59 Å². The summed E-state index contributed by atoms with van der Waals surface area (Å²) in [6.45, 7) is 0.435. The molecule has 28 heavy (non-hydrogen) atoms. The number of alkyl halides is 1. The number of amides is 2. The van der Waals surface area contributed by atoms with Crippen LogP contribution in [0.2, 0.25) is 0 Å². The molecule has 1 aliphatic heterocycles. The van der Waals surface area contributed by atoms with Gasteiger partial charge in [0.05, 0.1) is 26.7 Å². The van der Waals surface area contributed by atoms with Gasteiger partial charge in [-0.25, -0.2) is 0 Å². The molecule has 1 saturated heterocycles. The Morgan fingerprint density at radius 2 is 1.89 bits per heavy atom. The first-order valence-corrected chi connectivity index (χ1v) is 10.5. The number of nitrogens with one attached hydrogen (secondary N) is 1. The summed E-state index contributed by atoms with van der Waals surface area (Å²) in [5.74, 6) is 1.17. The van der Waals surface area contributed by atoms with Crippen molar-refractivity contribution < 1.29 is 19.1 Å². The minimum Gasteiger partial charge on any atom is -0.497 e. The third-order valence-corrected chi connectivity index (χ3v) is 5.75. The smallest absolute Gasteiger partial charge is 0.247 e. The number of hydrogen-bond donors (Lipinski definition) is 1. The van der Waals surface area contributed by atoms with Gasteiger partial charge in [-0.15, -0.1) is 0 Å². The van der Waals surface area contributed by atoms with Crippen molar-refractivity contribution >= 4 is 34.4 Å². The second kappa shape index (κ2) is 9.27. The van der Waals surface area contributed by atoms with Gasteiger partial charge in [-0.1, -0.05) is 52.9 Å². The molecule has 6 nitrogen and oxygen atoms in total. The lowest BCUT2D eigenvalue weighted by atomic mass is 9.95. The fourth-order valence-electron chi connectivity index (χ4n) is 3.30. The predicted molar refractivity (Wildman–Crippen MR) is 115 cm³/mol. The van der Waals surface area contributed by atoms with Crippen molar-refractivity contribution in [1.82, 2.24) is 10.2 Å². The number of β-lactam (4-membered cyclic amide) rings is 1. The first-order valence-electron chi connectivity index (χ1n) is 8.98. The van der Waals surface area contributed by atoms with E-state index in [-0.39, 0.29) is 24.3 Å². The molecule has 148 valence electrons. The molecule has 7 heteroatoms. The molecule has 0 spiro atoms. The average molecular weight is 494 g/mol. The van der Waals surface area contributed by atoms with Crippen LogP contribution in [0.3, 0.4) is 0 Å². The number of ether oxygens (including phenoxy) is 2. The van der Waals surface area contributed by atoms with Crippen LogP contribution in [0.15, 0.2) is 48.5 Å². The molecule has 1 heterocycles. The Kier molecular flexibility index (Phi) is 6.77. The molecule has 0 saturated carbocycles. The maximum atomic E-state index is 12.7. The molecule has 2 atom stereocenters. The minimum atomic E-state index is -0.475. The highest BCUT2D eigenvalue weighted by Gasteiger charge is 2.47. The molecule has 0 aromatic heterocycles. The highest BCUT2D eigenvalue weighted by atomic mass is 127. The summed E-state index contributed by atoms with van der Waals surface area (Å²) in [4.78, 5) is 26.8. The lowest BCUT2D eigenvalue weighted by Gasteiger charge is -2.46. The second-order valence-corrected chi connectivity index (χ2v) is 7.45. The van der Waals surface area contributed by atoms with Crippen molar-refractivity contribution in [3.8, 4) is 11.5 Å². The molecule has 0 bridgehead atoms. The fraction of sp³-hybridized carbons (Fsp3) is 0.333. The van der Waals surface area contributed by atoms with Crippen LogP contribution in [0, 0.1) is 0 Å². The van der Waals surface area contributed by atoms with Crippen LogP contribution in [-0.2, 0) is 22.6 Å². The maximum absolute atomic E-state index is 12.7. The van der Waals surface area contributed by atoms with Gasteiger partial charge in [0.15, 0.2) is 0 Å². The molecule has 1 N–H and O–H groups in total. The van der Waals surface area contributed by atoms with Gasteiger partial charge in [0.2, 0.25) is 11.8 Å². The molecule has 3 rings (SSSR count). The van der Waals surface area contributed by atoms with Gasteiger partial charge in [-0.05, 0) is 17.7 Å². The molecule has 0 unspecified atom stereocenters. The predicted octanol–water partition coefficient (Wildman–Crippen LogP) is 2.58. The molecule has 1 aliphatic rings. The molecular formula is C21H23IN2O4. The van der Waals surface area contributed by atoms with Crippen molar-refractivity contribution in [3.63, 3.8) is 0 Å². The van der Waals surface area contributed by atoms with Crippen LogP contribution in [0.4, 0.5) is 0 Å². The summed E-state index contributed by atoms with van der Waals surface area (Å²) < 4.78 is 11.4. The van der Waals surface area contributed by atoms with E-state index >= 15 is 0 Å². The summed E-state index contributed by atoms with van der Waals surface area (Å²) in [5.41, 5.74) is 1.83. The molecule has 0 aliphatic carbocycles. The average Bonchev–Trinajstić information content (AvgIpc) is 2.73. The highest BCUT2D eigenvalue weighted by molar-refractivity contribution is 14.1. The zero-order valence-corrected chi connectivity index (χ0v) is 18.0. The van der Waals surface area contributed by atoms with Crippen molar-refractivity contribution in [2.75, 3.05) is 18.6 Å². The van der Waals surface area contributed by atoms with Gasteiger partial charge in [0.1, 0.15) is 17.5 Å². The van der Waals surface area contributed by atoms with Gasteiger partial charge in [0.25, 0.3) is 0 Å². The summed E-state index contributed by atoms with van der Waals surface area (Å²) in [7, 11) is 3.20. The number of rotatable bonds is 8. The summed E-state index contributed by atoms with van der Waals surface area (Å²) in [5, 5.41) is 2.89. The first-order chi connectivity index (χ1) is 13.6. The number of halogens is 1. The van der Waals surface area contributed by atoms with E-state index in [0.717, 1.165) is 15.6 Å². The van der Waals surface area contributed by atoms with Crippen LogP contribution in [-0.4, -0.2) is 47.4 Å². The van der Waals surface area contributed by atoms with Crippen molar-refractivity contribution in [1.29, 1.82) is 0 Å². The van der Waals surface area contributed by atoms with E-state index in [0.29, 0.717) is 18.0 Å². The van der Waals surface area contributed by atoms with Crippen molar-refractivity contribution in [2.45, 2.75) is 25.0 Å². The maximum Gasteiger partial charge on any atom is 0.247 e. The normalized spacial score (nSPS) is 18.4. The van der Waals surface area contributed by atoms with Gasteiger partial charge in [0, 0.05) is 22.6 Å². The highest BCUT2D eigenvalue weighted by Crippen LogP contribution is 2.30. The van der Waals surface area contributed by atoms with Crippen LogP contribution >= 0.6 is 22.6 Å². The summed E-state index contributed by atoms with van der Waals surface area (Å²) >= 11 is 2.25. The van der Waals surface area contributed by atoms with Gasteiger partial charge >= 0.3 is 0 Å². The molecule has 0 radical (unpaired) electrons. The van der Waals surface area contributed by atoms with Crippen molar-refractivity contribution in [2.24, 2.45) is 0 Å². The number of benzene rings is 2. The third-order valence-electron chi connectivity index (χ3n) is 4.85. The molecule has 2 aromatic carbocycles. The Labute approximate surface area is 178 Å². The van der Waals surface area contributed by atoms with E-state index in [4.69, 9.17) is 9.47 Å². The number of carbonyl (C=O) groups excluding carboxylic acids is 2. The van der Waals surface area contributed by atoms with E-state index in [1.165, 1.54) is 0 Å². The van der Waals surface area contributed by atoms with Crippen LogP contribution in [0.25, 0.3) is 0 Å². The quantitative estimate of drug-likeness (QED) is 0.348. The van der Waals surface area contributed by atoms with E-state index in [2.05, 4.69) is 27.9 Å². The van der Waals surface area contributed by atoms with Gasteiger partial charge in [-0.2, -0.15) is 0 Å². The summed E-state index contributed by atoms with van der Waals surface area (Å²) in [6.07, 6.45) is 0.269. The van der Waals surface area contributed by atoms with Crippen LogP contribution < -0.4 is 14.8 Å². The lowest BCUT2D eigenvalue weighted by molar-refractivity contribution is -0.153. The SMILES string of the molecule is COc1ccc(CN2C(=O)[C@@H](NC(=O)Cc3ccccc3)[C@H]2CI)c(OC)c1. The van der Waals surface area contributed by atoms with E-state index in [1.54, 1.807) is 25.2 Å². The monoisotopic (exact) mass is 494 g/mol. The third kappa shape index (κ3) is 4.40. The number of carbonyl (C=O) groups is 2. The first kappa shape index (κ1) is 20.4. The van der Waals surface area contributed by atoms with Gasteiger partial charge < -0.3 is 19.7 Å². The van der Waals surface area contributed by atoms with Crippen LogP contribution in [0.1, 0.15) is 11.1 Å². The standard InChI is InChI=1S/C21H23IN2O4/c1-27-16-9-8-15(18(11-16)28-2)13-24-17(12-22)20(21(24)26)23-19(25)10-14-6-4-3-5-7-14/h3-9,11,17,20H,10,12-13H2,1-2H3,(H,23,25)/t17-,20+/m1/s1. The zero-order chi connectivity index (χ0) is 20.1. The van der Waals surface area contributed by atoms with Crippen molar-refractivity contribution in [3.05, 3.63) is 59.7 Å². The van der Waals surface area contributed by atoms with Gasteiger partial charge in [-0.3, -0.25) is 9.59 Å². The Hall–Kier alpha value is -2.29. The molecule has 1 fully saturated rings. The van der Waals surface area contributed by atoms with E-state index in [1.807, 2.05) is 42.5 Å². The Balaban J connectivity index is 1.64. The zero-order valence-electron chi connectivity index (χ0n) is 15.9. The Bertz CT molecular complexity index is 844. The Morgan fingerprint density at radius 3 is 2.54 bits per heavy atom. The number of likely N-dealkylation sites (tertiary alicyclic amines) is 1. The molecular weight excluding hydrogens is 471 g/mol. The molecule has 2 aromatic rings. The number of nitrogens with zero attached hydrogens (tertiary/aromatic N) is 1. The largest absolute Gasteiger partial charge is 0.497 e. The second-order valence-electron chi connectivity index (χ2n) is 6.57. The fourth-order valence-corrected chi connectivity index (χ4v) is 4.29.